The third-order valence-electron chi connectivity index (χ3n) is 3.51. The van der Waals surface area contributed by atoms with Crippen molar-refractivity contribution in [2.24, 2.45) is 5.73 Å². The summed E-state index contributed by atoms with van der Waals surface area (Å²) in [6.45, 7) is -0.0259. The molecule has 0 atom stereocenters. The van der Waals surface area contributed by atoms with E-state index in [2.05, 4.69) is 4.72 Å². The summed E-state index contributed by atoms with van der Waals surface area (Å²) in [5.41, 5.74) is 4.19. The molecular formula is C12H15Cl2F3N2O2S. The number of nitrogens with two attached hydrogens (primary N) is 1. The number of halogens is 5. The van der Waals surface area contributed by atoms with Crippen LogP contribution in [-0.4, -0.2) is 20.5 Å². The predicted molar refractivity (Wildman–Crippen MR) is 79.7 cm³/mol. The van der Waals surface area contributed by atoms with Crippen LogP contribution in [0.15, 0.2) is 23.1 Å². The highest BCUT2D eigenvalue weighted by Gasteiger charge is 2.35. The fourth-order valence-corrected chi connectivity index (χ4v) is 3.67. The number of hydrogen-bond donors (Lipinski definition) is 2. The number of sulfonamides is 1. The monoisotopic (exact) mass is 378 g/mol. The second-order valence-electron chi connectivity index (χ2n) is 5.18. The second kappa shape index (κ2) is 6.52. The zero-order valence-electron chi connectivity index (χ0n) is 11.3. The summed E-state index contributed by atoms with van der Waals surface area (Å²) in [6.07, 6.45) is -2.39. The van der Waals surface area contributed by atoms with Gasteiger partial charge in [0.15, 0.2) is 0 Å². The van der Waals surface area contributed by atoms with Crippen LogP contribution in [-0.2, 0) is 16.2 Å². The summed E-state index contributed by atoms with van der Waals surface area (Å²) in [5, 5.41) is -0.268. The standard InChI is InChI=1S/C12H14ClF3N2O2S.ClH/c13-9-3-2-8(12(14,15)16)6-10(9)21(19,20)18-7-11(17)4-1-5-11;/h2-3,6,18H,1,4-5,7,17H2;1H. The summed E-state index contributed by atoms with van der Waals surface area (Å²) < 4.78 is 64.4. The van der Waals surface area contributed by atoms with Gasteiger partial charge in [0.25, 0.3) is 0 Å². The van der Waals surface area contributed by atoms with E-state index in [0.29, 0.717) is 18.9 Å². The highest BCUT2D eigenvalue weighted by molar-refractivity contribution is 7.89. The van der Waals surface area contributed by atoms with Crippen molar-refractivity contribution in [3.63, 3.8) is 0 Å². The number of rotatable bonds is 4. The molecule has 1 aromatic rings. The van der Waals surface area contributed by atoms with Crippen LogP contribution in [0.4, 0.5) is 13.2 Å². The Morgan fingerprint density at radius 1 is 1.32 bits per heavy atom. The number of benzene rings is 1. The fraction of sp³-hybridized carbons (Fsp3) is 0.500. The Morgan fingerprint density at radius 2 is 1.91 bits per heavy atom. The van der Waals surface area contributed by atoms with Gasteiger partial charge in [-0.25, -0.2) is 13.1 Å². The van der Waals surface area contributed by atoms with E-state index in [1.165, 1.54) is 0 Å². The van der Waals surface area contributed by atoms with E-state index in [4.69, 9.17) is 17.3 Å². The first kappa shape index (κ1) is 19.5. The molecule has 4 nitrogen and oxygen atoms in total. The molecule has 1 saturated carbocycles. The average Bonchev–Trinajstić information content (AvgIpc) is 2.33. The van der Waals surface area contributed by atoms with E-state index in [1.54, 1.807) is 0 Å². The Morgan fingerprint density at radius 3 is 2.36 bits per heavy atom. The van der Waals surface area contributed by atoms with E-state index < -0.39 is 32.2 Å². The van der Waals surface area contributed by atoms with E-state index in [1.807, 2.05) is 0 Å². The Bertz CT molecular complexity index is 646. The molecule has 0 radical (unpaired) electrons. The van der Waals surface area contributed by atoms with Gasteiger partial charge in [0.05, 0.1) is 10.6 Å². The summed E-state index contributed by atoms with van der Waals surface area (Å²) >= 11 is 5.71. The molecule has 0 unspecified atom stereocenters. The van der Waals surface area contributed by atoms with Crippen LogP contribution in [0.25, 0.3) is 0 Å². The highest BCUT2D eigenvalue weighted by Crippen LogP contribution is 2.34. The maximum absolute atomic E-state index is 12.6. The number of hydrogen-bond acceptors (Lipinski definition) is 3. The average molecular weight is 379 g/mol. The van der Waals surface area contributed by atoms with Gasteiger partial charge in [-0.2, -0.15) is 13.2 Å². The van der Waals surface area contributed by atoms with Crippen LogP contribution in [0, 0.1) is 0 Å². The normalized spacial score (nSPS) is 17.5. The van der Waals surface area contributed by atoms with Crippen LogP contribution in [0.5, 0.6) is 0 Å². The van der Waals surface area contributed by atoms with Gasteiger partial charge in [-0.1, -0.05) is 11.6 Å². The van der Waals surface area contributed by atoms with Gasteiger partial charge in [0, 0.05) is 12.1 Å². The predicted octanol–water partition coefficient (Wildman–Crippen LogP) is 2.94. The zero-order chi connectivity index (χ0) is 15.9. The van der Waals surface area contributed by atoms with Gasteiger partial charge in [-0.3, -0.25) is 0 Å². The van der Waals surface area contributed by atoms with Gasteiger partial charge in [-0.05, 0) is 37.5 Å². The molecule has 0 aliphatic heterocycles. The van der Waals surface area contributed by atoms with Crippen molar-refractivity contribution < 1.29 is 21.6 Å². The van der Waals surface area contributed by atoms with Crippen molar-refractivity contribution in [3.05, 3.63) is 28.8 Å². The first-order valence-corrected chi connectivity index (χ1v) is 8.05. The molecule has 1 aliphatic carbocycles. The molecule has 0 spiro atoms. The van der Waals surface area contributed by atoms with Crippen molar-refractivity contribution in [1.82, 2.24) is 4.72 Å². The minimum atomic E-state index is -4.64. The lowest BCUT2D eigenvalue weighted by atomic mass is 9.78. The number of alkyl halides is 3. The summed E-state index contributed by atoms with van der Waals surface area (Å²) in [5.74, 6) is 0. The third-order valence-corrected chi connectivity index (χ3v) is 5.39. The van der Waals surface area contributed by atoms with E-state index in [-0.39, 0.29) is 24.0 Å². The number of nitrogens with one attached hydrogen (secondary N) is 1. The second-order valence-corrected chi connectivity index (χ2v) is 7.33. The van der Waals surface area contributed by atoms with Gasteiger partial charge in [0.1, 0.15) is 4.90 Å². The molecule has 0 heterocycles. The van der Waals surface area contributed by atoms with Crippen LogP contribution < -0.4 is 10.5 Å². The molecule has 0 aromatic heterocycles. The molecule has 1 aromatic carbocycles. The van der Waals surface area contributed by atoms with Crippen molar-refractivity contribution in [1.29, 1.82) is 0 Å². The van der Waals surface area contributed by atoms with Crippen molar-refractivity contribution in [3.8, 4) is 0 Å². The van der Waals surface area contributed by atoms with Crippen molar-refractivity contribution >= 4 is 34.0 Å². The molecule has 3 N–H and O–H groups in total. The molecule has 0 amide bonds. The Labute approximate surface area is 137 Å². The fourth-order valence-electron chi connectivity index (χ4n) is 2.01. The van der Waals surface area contributed by atoms with Crippen LogP contribution >= 0.6 is 24.0 Å². The van der Waals surface area contributed by atoms with Gasteiger partial charge in [-0.15, -0.1) is 12.4 Å². The van der Waals surface area contributed by atoms with E-state index in [0.717, 1.165) is 18.6 Å². The maximum Gasteiger partial charge on any atom is 0.416 e. The molecule has 10 heteroatoms. The minimum absolute atomic E-state index is 0. The van der Waals surface area contributed by atoms with Crippen LogP contribution in [0.3, 0.4) is 0 Å². The first-order valence-electron chi connectivity index (χ1n) is 6.19. The van der Waals surface area contributed by atoms with Crippen LogP contribution in [0.2, 0.25) is 5.02 Å². The van der Waals surface area contributed by atoms with Gasteiger partial charge >= 0.3 is 6.18 Å². The van der Waals surface area contributed by atoms with E-state index in [9.17, 15) is 21.6 Å². The Hall–Kier alpha value is -0.540. The summed E-state index contributed by atoms with van der Waals surface area (Å²) in [4.78, 5) is -0.595. The lowest BCUT2D eigenvalue weighted by Gasteiger charge is -2.38. The SMILES string of the molecule is Cl.NC1(CNS(=O)(=O)c2cc(C(F)(F)F)ccc2Cl)CCC1. The molecule has 2 rings (SSSR count). The molecular weight excluding hydrogens is 364 g/mol. The van der Waals surface area contributed by atoms with Gasteiger partial charge < -0.3 is 5.73 Å². The smallest absolute Gasteiger partial charge is 0.324 e. The maximum atomic E-state index is 12.6. The van der Waals surface area contributed by atoms with Gasteiger partial charge in [0.2, 0.25) is 10.0 Å². The molecule has 1 fully saturated rings. The molecule has 0 bridgehead atoms. The summed E-state index contributed by atoms with van der Waals surface area (Å²) in [7, 11) is -4.15. The summed E-state index contributed by atoms with van der Waals surface area (Å²) in [6, 6.07) is 2.17. The molecule has 22 heavy (non-hydrogen) atoms. The lowest BCUT2D eigenvalue weighted by molar-refractivity contribution is -0.137. The van der Waals surface area contributed by atoms with E-state index >= 15 is 0 Å². The highest BCUT2D eigenvalue weighted by atomic mass is 35.5. The first-order chi connectivity index (χ1) is 9.54. The van der Waals surface area contributed by atoms with Crippen LogP contribution in [0.1, 0.15) is 24.8 Å². The van der Waals surface area contributed by atoms with Crippen molar-refractivity contribution in [2.75, 3.05) is 6.54 Å². The Balaban J connectivity index is 0.00000242. The molecule has 126 valence electrons. The van der Waals surface area contributed by atoms with Crippen molar-refractivity contribution in [2.45, 2.75) is 35.9 Å². The quantitative estimate of drug-likeness (QED) is 0.845. The topological polar surface area (TPSA) is 72.2 Å². The minimum Gasteiger partial charge on any atom is -0.324 e. The zero-order valence-corrected chi connectivity index (χ0v) is 13.7. The third kappa shape index (κ3) is 4.26. The molecule has 0 saturated heterocycles. The lowest BCUT2D eigenvalue weighted by Crippen LogP contribution is -2.54. The molecule has 1 aliphatic rings. The Kier molecular flexibility index (Phi) is 5.79. The largest absolute Gasteiger partial charge is 0.416 e.